The molecule has 0 radical (unpaired) electrons. The summed E-state index contributed by atoms with van der Waals surface area (Å²) in [4.78, 5) is 31.1. The maximum atomic E-state index is 12.9. The summed E-state index contributed by atoms with van der Waals surface area (Å²) in [5, 5.41) is 2.92. The van der Waals surface area contributed by atoms with Gasteiger partial charge < -0.3 is 9.47 Å². The number of carbonyl (C=O) groups excluding carboxylic acids is 2. The van der Waals surface area contributed by atoms with E-state index in [9.17, 15) is 9.59 Å². The molecule has 6 heteroatoms. The lowest BCUT2D eigenvalue weighted by Crippen LogP contribution is -2.24. The number of rotatable bonds is 5. The van der Waals surface area contributed by atoms with Crippen molar-refractivity contribution < 1.29 is 9.59 Å². The Morgan fingerprint density at radius 2 is 1.87 bits per heavy atom. The summed E-state index contributed by atoms with van der Waals surface area (Å²) in [7, 11) is 1.90. The highest BCUT2D eigenvalue weighted by atomic mass is 16.2. The minimum atomic E-state index is -0.216. The molecular formula is C25H28N4O2. The van der Waals surface area contributed by atoms with Crippen LogP contribution in [-0.4, -0.2) is 32.8 Å². The van der Waals surface area contributed by atoms with Crippen LogP contribution in [0.2, 0.25) is 0 Å². The van der Waals surface area contributed by atoms with Crippen molar-refractivity contribution in [2.75, 3.05) is 11.9 Å². The maximum Gasteiger partial charge on any atom is 0.257 e. The number of imidazole rings is 1. The standard InChI is InChI=1S/C25H28N4O2/c1-16-11-18(3)21(12-17(16)2)22-14-26-25(28(22)4)27-24(31)20-8-5-7-19(13-20)15-29-10-6-9-23(29)30/h5,7-8,11-14H,6,9-10,15H2,1-4H3,(H,26,27,31). The van der Waals surface area contributed by atoms with E-state index in [4.69, 9.17) is 0 Å². The van der Waals surface area contributed by atoms with E-state index in [1.54, 1.807) is 12.3 Å². The van der Waals surface area contributed by atoms with Gasteiger partial charge in [0, 0.05) is 37.7 Å². The van der Waals surface area contributed by atoms with Gasteiger partial charge >= 0.3 is 0 Å². The number of hydrogen-bond acceptors (Lipinski definition) is 3. The second-order valence-corrected chi connectivity index (χ2v) is 8.35. The van der Waals surface area contributed by atoms with E-state index in [1.807, 2.05) is 34.7 Å². The fraction of sp³-hybridized carbons (Fsp3) is 0.320. The third-order valence-electron chi connectivity index (χ3n) is 6.06. The molecular weight excluding hydrogens is 388 g/mol. The van der Waals surface area contributed by atoms with Gasteiger partial charge in [0.25, 0.3) is 5.91 Å². The summed E-state index contributed by atoms with van der Waals surface area (Å²) in [5.41, 5.74) is 7.22. The van der Waals surface area contributed by atoms with E-state index in [-0.39, 0.29) is 11.8 Å². The number of aromatic nitrogens is 2. The van der Waals surface area contributed by atoms with Crippen LogP contribution in [0.25, 0.3) is 11.3 Å². The number of amides is 2. The van der Waals surface area contributed by atoms with Gasteiger partial charge in [-0.05, 0) is 67.6 Å². The van der Waals surface area contributed by atoms with Crippen molar-refractivity contribution in [2.24, 2.45) is 7.05 Å². The monoisotopic (exact) mass is 416 g/mol. The number of nitrogens with zero attached hydrogens (tertiary/aromatic N) is 3. The summed E-state index contributed by atoms with van der Waals surface area (Å²) >= 11 is 0. The zero-order valence-corrected chi connectivity index (χ0v) is 18.5. The fourth-order valence-electron chi connectivity index (χ4n) is 4.09. The molecule has 31 heavy (non-hydrogen) atoms. The molecule has 0 saturated carbocycles. The van der Waals surface area contributed by atoms with Crippen LogP contribution in [0.15, 0.2) is 42.6 Å². The molecule has 0 aliphatic carbocycles. The zero-order chi connectivity index (χ0) is 22.1. The van der Waals surface area contributed by atoms with Crippen LogP contribution in [0.1, 0.15) is 45.5 Å². The molecule has 2 heterocycles. The number of likely N-dealkylation sites (tertiary alicyclic amines) is 1. The molecule has 1 saturated heterocycles. The van der Waals surface area contributed by atoms with Gasteiger partial charge in [0.1, 0.15) is 0 Å². The number of anilines is 1. The summed E-state index contributed by atoms with van der Waals surface area (Å²) < 4.78 is 1.90. The molecule has 0 unspecified atom stereocenters. The van der Waals surface area contributed by atoms with Crippen molar-refractivity contribution in [3.05, 3.63) is 70.4 Å². The minimum Gasteiger partial charge on any atom is -0.338 e. The Labute approximate surface area is 182 Å². The van der Waals surface area contributed by atoms with Crippen LogP contribution in [-0.2, 0) is 18.4 Å². The number of aryl methyl sites for hydroxylation is 3. The highest BCUT2D eigenvalue weighted by molar-refractivity contribution is 6.03. The van der Waals surface area contributed by atoms with Crippen molar-refractivity contribution in [1.82, 2.24) is 14.5 Å². The molecule has 2 amide bonds. The zero-order valence-electron chi connectivity index (χ0n) is 18.5. The molecule has 1 fully saturated rings. The van der Waals surface area contributed by atoms with Gasteiger partial charge in [0.2, 0.25) is 11.9 Å². The van der Waals surface area contributed by atoms with Gasteiger partial charge in [-0.2, -0.15) is 0 Å². The molecule has 2 aromatic carbocycles. The van der Waals surface area contributed by atoms with Crippen LogP contribution < -0.4 is 5.32 Å². The van der Waals surface area contributed by atoms with Crippen LogP contribution in [0.3, 0.4) is 0 Å². The smallest absolute Gasteiger partial charge is 0.257 e. The second-order valence-electron chi connectivity index (χ2n) is 8.35. The topological polar surface area (TPSA) is 67.2 Å². The van der Waals surface area contributed by atoms with E-state index < -0.39 is 0 Å². The van der Waals surface area contributed by atoms with Crippen molar-refractivity contribution >= 4 is 17.8 Å². The lowest BCUT2D eigenvalue weighted by atomic mass is 9.99. The summed E-state index contributed by atoms with van der Waals surface area (Å²) in [6.07, 6.45) is 3.31. The first-order valence-electron chi connectivity index (χ1n) is 10.6. The molecule has 1 aliphatic rings. The van der Waals surface area contributed by atoms with Crippen LogP contribution in [0, 0.1) is 20.8 Å². The Kier molecular flexibility index (Phi) is 5.63. The molecule has 0 spiro atoms. The quantitative estimate of drug-likeness (QED) is 0.671. The van der Waals surface area contributed by atoms with Gasteiger partial charge in [0.05, 0.1) is 11.9 Å². The van der Waals surface area contributed by atoms with Crippen molar-refractivity contribution in [1.29, 1.82) is 0 Å². The molecule has 3 aromatic rings. The van der Waals surface area contributed by atoms with Crippen molar-refractivity contribution in [3.63, 3.8) is 0 Å². The van der Waals surface area contributed by atoms with Crippen molar-refractivity contribution in [3.8, 4) is 11.3 Å². The molecule has 6 nitrogen and oxygen atoms in total. The third kappa shape index (κ3) is 4.24. The van der Waals surface area contributed by atoms with Crippen LogP contribution in [0.4, 0.5) is 5.95 Å². The van der Waals surface area contributed by atoms with Gasteiger partial charge in [-0.25, -0.2) is 4.98 Å². The van der Waals surface area contributed by atoms with Gasteiger partial charge in [-0.3, -0.25) is 14.9 Å². The summed E-state index contributed by atoms with van der Waals surface area (Å²) in [6.45, 7) is 7.61. The number of carbonyl (C=O) groups is 2. The van der Waals surface area contributed by atoms with E-state index in [2.05, 4.69) is 43.2 Å². The minimum absolute atomic E-state index is 0.178. The fourth-order valence-corrected chi connectivity index (χ4v) is 4.09. The lowest BCUT2D eigenvalue weighted by molar-refractivity contribution is -0.128. The number of nitrogens with one attached hydrogen (secondary N) is 1. The Balaban J connectivity index is 1.53. The maximum absolute atomic E-state index is 12.9. The largest absolute Gasteiger partial charge is 0.338 e. The predicted octanol–water partition coefficient (Wildman–Crippen LogP) is 4.39. The van der Waals surface area contributed by atoms with Gasteiger partial charge in [-0.1, -0.05) is 18.2 Å². The van der Waals surface area contributed by atoms with Crippen molar-refractivity contribution in [2.45, 2.75) is 40.2 Å². The van der Waals surface area contributed by atoms with E-state index in [0.29, 0.717) is 24.5 Å². The second kappa shape index (κ2) is 8.38. The van der Waals surface area contributed by atoms with Crippen LogP contribution in [0.5, 0.6) is 0 Å². The molecule has 4 rings (SSSR count). The Morgan fingerprint density at radius 3 is 2.61 bits per heavy atom. The number of benzene rings is 2. The highest BCUT2D eigenvalue weighted by Gasteiger charge is 2.20. The van der Waals surface area contributed by atoms with E-state index >= 15 is 0 Å². The molecule has 160 valence electrons. The average Bonchev–Trinajstić information content (AvgIpc) is 3.31. The molecule has 0 bridgehead atoms. The van der Waals surface area contributed by atoms with Crippen LogP contribution >= 0.6 is 0 Å². The summed E-state index contributed by atoms with van der Waals surface area (Å²) in [6, 6.07) is 11.8. The summed E-state index contributed by atoms with van der Waals surface area (Å²) in [5.74, 6) is 0.460. The first-order chi connectivity index (χ1) is 14.8. The molecule has 1 aliphatic heterocycles. The highest BCUT2D eigenvalue weighted by Crippen LogP contribution is 2.28. The Hall–Kier alpha value is -3.41. The van der Waals surface area contributed by atoms with E-state index in [0.717, 1.165) is 29.8 Å². The Bertz CT molecular complexity index is 1160. The molecule has 1 aromatic heterocycles. The van der Waals surface area contributed by atoms with E-state index in [1.165, 1.54) is 16.7 Å². The predicted molar refractivity (Wildman–Crippen MR) is 122 cm³/mol. The SMILES string of the molecule is Cc1cc(C)c(-c2cnc(NC(=O)c3cccc(CN4CCCC4=O)c3)n2C)cc1C. The molecule has 1 N–H and O–H groups in total. The normalized spacial score (nSPS) is 13.7. The lowest BCUT2D eigenvalue weighted by Gasteiger charge is -2.16. The molecule has 0 atom stereocenters. The first-order valence-corrected chi connectivity index (χ1v) is 10.6. The van der Waals surface area contributed by atoms with Gasteiger partial charge in [0.15, 0.2) is 0 Å². The first kappa shape index (κ1) is 20.8. The third-order valence-corrected chi connectivity index (χ3v) is 6.06. The number of hydrogen-bond donors (Lipinski definition) is 1. The van der Waals surface area contributed by atoms with Gasteiger partial charge in [-0.15, -0.1) is 0 Å². The Morgan fingerprint density at radius 1 is 1.10 bits per heavy atom. The average molecular weight is 417 g/mol.